The predicted octanol–water partition coefficient (Wildman–Crippen LogP) is 3.57. The van der Waals surface area contributed by atoms with Crippen LogP contribution in [0.2, 0.25) is 0 Å². The maximum absolute atomic E-state index is 13.1. The van der Waals surface area contributed by atoms with Gasteiger partial charge in [-0.3, -0.25) is 0 Å². The number of hydrogen-bond acceptors (Lipinski definition) is 7. The molecular formula is C20H11N5O3S. The fraction of sp³-hybridized carbons (Fsp3) is 0.0500. The van der Waals surface area contributed by atoms with Crippen LogP contribution in [0, 0.1) is 4.77 Å². The Balaban J connectivity index is 1.80. The van der Waals surface area contributed by atoms with Crippen LogP contribution < -0.4 is 10.4 Å². The monoisotopic (exact) mass is 401 g/mol. The van der Waals surface area contributed by atoms with Crippen molar-refractivity contribution < 1.29 is 9.15 Å². The van der Waals surface area contributed by atoms with Crippen molar-refractivity contribution >= 4 is 28.8 Å². The van der Waals surface area contributed by atoms with Crippen molar-refractivity contribution in [2.75, 3.05) is 0 Å². The molecule has 140 valence electrons. The second-order valence-electron chi connectivity index (χ2n) is 6.65. The van der Waals surface area contributed by atoms with Gasteiger partial charge in [-0.05, 0) is 29.9 Å². The van der Waals surface area contributed by atoms with Crippen LogP contribution >= 0.6 is 12.2 Å². The Labute approximate surface area is 167 Å². The van der Waals surface area contributed by atoms with Gasteiger partial charge in [-0.15, -0.1) is 5.10 Å². The molecule has 9 heteroatoms. The van der Waals surface area contributed by atoms with E-state index in [9.17, 15) is 4.79 Å². The number of nitrogens with one attached hydrogen (secondary N) is 1. The summed E-state index contributed by atoms with van der Waals surface area (Å²) in [4.78, 5) is 17.5. The Hall–Kier alpha value is -3.85. The molecule has 8 nitrogen and oxygen atoms in total. The molecule has 0 spiro atoms. The van der Waals surface area contributed by atoms with Crippen LogP contribution in [-0.2, 0) is 0 Å². The molecule has 29 heavy (non-hydrogen) atoms. The fourth-order valence-corrected chi connectivity index (χ4v) is 4.06. The second kappa shape index (κ2) is 5.82. The van der Waals surface area contributed by atoms with E-state index in [1.54, 1.807) is 12.1 Å². The first kappa shape index (κ1) is 16.1. The minimum atomic E-state index is -0.501. The summed E-state index contributed by atoms with van der Waals surface area (Å²) in [6.45, 7) is 0. The summed E-state index contributed by atoms with van der Waals surface area (Å²) in [5.74, 6) is 0.230. The number of hydrogen-bond donors (Lipinski definition) is 1. The van der Waals surface area contributed by atoms with E-state index >= 15 is 0 Å². The molecule has 4 heterocycles. The average Bonchev–Trinajstić information content (AvgIpc) is 3.24. The molecule has 0 bridgehead atoms. The number of nitrogens with zero attached hydrogens (tertiary/aromatic N) is 4. The van der Waals surface area contributed by atoms with Crippen molar-refractivity contribution in [1.82, 2.24) is 25.0 Å². The van der Waals surface area contributed by atoms with Gasteiger partial charge in [-0.1, -0.05) is 47.7 Å². The summed E-state index contributed by atoms with van der Waals surface area (Å²) in [6, 6.07) is 16.9. The number of ether oxygens (including phenoxy) is 1. The molecule has 2 aromatic carbocycles. The lowest BCUT2D eigenvalue weighted by atomic mass is 9.84. The van der Waals surface area contributed by atoms with Gasteiger partial charge in [-0.25, -0.2) is 4.79 Å². The molecule has 0 aliphatic carbocycles. The first-order valence-electron chi connectivity index (χ1n) is 8.84. The normalized spacial score (nSPS) is 15.1. The molecular weight excluding hydrogens is 390 g/mol. The maximum Gasteiger partial charge on any atom is 0.344 e. The number of tetrazole rings is 1. The Morgan fingerprint density at radius 3 is 2.69 bits per heavy atom. The van der Waals surface area contributed by atoms with Crippen LogP contribution in [0.5, 0.6) is 11.6 Å². The second-order valence-corrected chi connectivity index (χ2v) is 7.01. The largest absolute Gasteiger partial charge is 0.437 e. The molecule has 5 aromatic rings. The molecule has 1 aliphatic heterocycles. The van der Waals surface area contributed by atoms with Gasteiger partial charge in [0.15, 0.2) is 11.4 Å². The molecule has 1 aliphatic rings. The van der Waals surface area contributed by atoms with E-state index in [1.165, 1.54) is 4.52 Å². The maximum atomic E-state index is 13.1. The topological polar surface area (TPSA) is 98.3 Å². The van der Waals surface area contributed by atoms with Crippen molar-refractivity contribution in [2.45, 2.75) is 5.92 Å². The van der Waals surface area contributed by atoms with Gasteiger partial charge in [0.1, 0.15) is 5.58 Å². The number of H-pyrrole nitrogens is 1. The molecule has 0 saturated heterocycles. The molecule has 6 rings (SSSR count). The van der Waals surface area contributed by atoms with Gasteiger partial charge in [0.05, 0.1) is 22.4 Å². The third kappa shape index (κ3) is 2.21. The molecule has 1 atom stereocenters. The van der Waals surface area contributed by atoms with Crippen molar-refractivity contribution in [3.05, 3.63) is 86.5 Å². The summed E-state index contributed by atoms with van der Waals surface area (Å²) < 4.78 is 13.5. The smallest absolute Gasteiger partial charge is 0.344 e. The molecule has 0 amide bonds. The lowest BCUT2D eigenvalue weighted by molar-refractivity contribution is 0.421. The summed E-state index contributed by atoms with van der Waals surface area (Å²) in [5.41, 5.74) is 2.31. The van der Waals surface area contributed by atoms with Crippen LogP contribution in [0.25, 0.3) is 16.6 Å². The average molecular weight is 401 g/mol. The number of aromatic amines is 1. The summed E-state index contributed by atoms with van der Waals surface area (Å²) in [7, 11) is 0. The Morgan fingerprint density at radius 1 is 1.03 bits per heavy atom. The molecule has 1 unspecified atom stereocenters. The van der Waals surface area contributed by atoms with Gasteiger partial charge < -0.3 is 9.15 Å². The van der Waals surface area contributed by atoms with Crippen molar-refractivity contribution in [3.63, 3.8) is 0 Å². The quantitative estimate of drug-likeness (QED) is 0.332. The standard InChI is InChI=1S/C20H11N5O3S/c26-19-14-13(10-6-2-1-3-7-10)15-17-22-23-24-25(17)20(29)21-18(15)28-16(14)11-8-4-5-9-12(11)27-19/h1-9,13H,(H,22,24). The zero-order valence-corrected chi connectivity index (χ0v) is 15.5. The zero-order valence-electron chi connectivity index (χ0n) is 14.7. The Kier molecular flexibility index (Phi) is 3.24. The van der Waals surface area contributed by atoms with Gasteiger partial charge in [0.2, 0.25) is 10.7 Å². The van der Waals surface area contributed by atoms with E-state index in [1.807, 2.05) is 42.5 Å². The van der Waals surface area contributed by atoms with Crippen LogP contribution in [0.4, 0.5) is 0 Å². The van der Waals surface area contributed by atoms with Crippen LogP contribution in [0.3, 0.4) is 0 Å². The van der Waals surface area contributed by atoms with Crippen molar-refractivity contribution in [2.24, 2.45) is 0 Å². The van der Waals surface area contributed by atoms with E-state index in [0.717, 1.165) is 5.56 Å². The van der Waals surface area contributed by atoms with Crippen molar-refractivity contribution in [3.8, 4) is 11.6 Å². The van der Waals surface area contributed by atoms with Gasteiger partial charge in [0, 0.05) is 0 Å². The summed E-state index contributed by atoms with van der Waals surface area (Å²) in [6.07, 6.45) is 0. The minimum absolute atomic E-state index is 0.228. The lowest BCUT2D eigenvalue weighted by Crippen LogP contribution is -2.22. The van der Waals surface area contributed by atoms with Crippen molar-refractivity contribution in [1.29, 1.82) is 0 Å². The first-order valence-corrected chi connectivity index (χ1v) is 9.25. The molecule has 0 radical (unpaired) electrons. The number of fused-ring (bicyclic) bond motifs is 6. The lowest BCUT2D eigenvalue weighted by Gasteiger charge is -2.27. The predicted molar refractivity (Wildman–Crippen MR) is 106 cm³/mol. The number of para-hydroxylation sites is 1. The zero-order chi connectivity index (χ0) is 19.5. The Bertz CT molecular complexity index is 1540. The van der Waals surface area contributed by atoms with E-state index < -0.39 is 11.5 Å². The van der Waals surface area contributed by atoms with E-state index in [0.29, 0.717) is 39.4 Å². The van der Waals surface area contributed by atoms with E-state index in [4.69, 9.17) is 21.4 Å². The van der Waals surface area contributed by atoms with E-state index in [-0.39, 0.29) is 4.77 Å². The van der Waals surface area contributed by atoms with Crippen LogP contribution in [-0.4, -0.2) is 25.0 Å². The molecule has 3 aromatic heterocycles. The third-order valence-electron chi connectivity index (χ3n) is 5.07. The summed E-state index contributed by atoms with van der Waals surface area (Å²) >= 11 is 5.35. The highest BCUT2D eigenvalue weighted by Gasteiger charge is 2.37. The minimum Gasteiger partial charge on any atom is -0.437 e. The number of rotatable bonds is 1. The number of benzene rings is 2. The highest BCUT2D eigenvalue weighted by molar-refractivity contribution is 7.71. The van der Waals surface area contributed by atoms with Gasteiger partial charge in [-0.2, -0.15) is 14.7 Å². The van der Waals surface area contributed by atoms with E-state index in [2.05, 4.69) is 20.5 Å². The highest BCUT2D eigenvalue weighted by Crippen LogP contribution is 2.48. The third-order valence-corrected chi connectivity index (χ3v) is 5.34. The first-order chi connectivity index (χ1) is 14.2. The highest BCUT2D eigenvalue weighted by atomic mass is 32.1. The Morgan fingerprint density at radius 2 is 1.83 bits per heavy atom. The molecule has 0 saturated carbocycles. The number of aromatic nitrogens is 5. The molecule has 0 fully saturated rings. The van der Waals surface area contributed by atoms with Gasteiger partial charge >= 0.3 is 5.63 Å². The fourth-order valence-electron chi connectivity index (χ4n) is 3.85. The van der Waals surface area contributed by atoms with Crippen LogP contribution in [0.1, 0.15) is 22.6 Å². The molecule has 1 N–H and O–H groups in total. The van der Waals surface area contributed by atoms with Crippen LogP contribution in [0.15, 0.2) is 63.8 Å². The SMILES string of the molecule is O=c1oc2ccccc2c2c1C(c1ccccc1)c1c(nc(=S)n3[nH]nnc13)O2. The van der Waals surface area contributed by atoms with Gasteiger partial charge in [0.25, 0.3) is 0 Å². The summed E-state index contributed by atoms with van der Waals surface area (Å²) in [5, 5.41) is 11.4.